The fourth-order valence-electron chi connectivity index (χ4n) is 2.64. The van der Waals surface area contributed by atoms with Crippen molar-refractivity contribution in [1.82, 2.24) is 19.5 Å². The topological polar surface area (TPSA) is 261 Å². The summed E-state index contributed by atoms with van der Waals surface area (Å²) < 4.78 is 52.1. The first-order valence-corrected chi connectivity index (χ1v) is 12.4. The van der Waals surface area contributed by atoms with E-state index in [4.69, 9.17) is 20.3 Å². The van der Waals surface area contributed by atoms with Gasteiger partial charge in [-0.2, -0.15) is 9.29 Å². The summed E-state index contributed by atoms with van der Waals surface area (Å²) in [5.74, 6) is -0.133. The second kappa shape index (κ2) is 9.79. The number of imidazole rings is 1. The van der Waals surface area contributed by atoms with Crippen LogP contribution in [0.3, 0.4) is 0 Å². The Morgan fingerprint density at radius 1 is 1.26 bits per heavy atom. The van der Waals surface area contributed by atoms with Crippen LogP contribution in [0, 0.1) is 0 Å². The van der Waals surface area contributed by atoms with E-state index in [1.165, 1.54) is 10.9 Å². The molecule has 2 aromatic heterocycles. The van der Waals surface area contributed by atoms with Crippen molar-refractivity contribution >= 4 is 40.6 Å². The van der Waals surface area contributed by atoms with E-state index in [1.54, 1.807) is 0 Å². The van der Waals surface area contributed by atoms with E-state index in [2.05, 4.69) is 28.1 Å². The fraction of sp³-hybridized carbons (Fsp3) is 0.500. The van der Waals surface area contributed by atoms with E-state index in [-0.39, 0.29) is 46.7 Å². The van der Waals surface area contributed by atoms with Gasteiger partial charge in [0.15, 0.2) is 11.2 Å². The summed E-state index contributed by atoms with van der Waals surface area (Å²) in [6.07, 6.45) is 0.483. The molecule has 1 fully saturated rings. The quantitative estimate of drug-likeness (QED) is 0.167. The van der Waals surface area contributed by atoms with Gasteiger partial charge >= 0.3 is 45.2 Å². The number of H-pyrrole nitrogens is 1. The van der Waals surface area contributed by atoms with E-state index in [0.29, 0.717) is 12.8 Å². The number of aromatic nitrogens is 4. The molecule has 0 aliphatic carbocycles. The number of phosphoric ester groups is 1. The van der Waals surface area contributed by atoms with Gasteiger partial charge in [-0.1, -0.05) is 0 Å². The minimum atomic E-state index is -5.73. The molecule has 3 rings (SSSR count). The second-order valence-electron chi connectivity index (χ2n) is 5.93. The Balaban J connectivity index is 0.00000341. The zero-order valence-electron chi connectivity index (χ0n) is 15.6. The maximum atomic E-state index is 11.8. The number of phosphoric acid groups is 3. The molecular formula is C10H15N5NaO12P3. The number of ether oxygens (including phenoxy) is 1. The second-order valence-corrected chi connectivity index (χ2v) is 10.3. The first-order chi connectivity index (χ1) is 13.7. The molecule has 0 bridgehead atoms. The average molecular weight is 513 g/mol. The van der Waals surface area contributed by atoms with Gasteiger partial charge in [0.05, 0.1) is 19.0 Å². The SMILES string of the molecule is Nc1nc2c(ncn2[C@H]2CC[C@@H](COP(=O)(O)OP(=O)(O)OP(=O)([O-])O)O2)c(=O)[nH]1.[Na+]. The maximum Gasteiger partial charge on any atom is 1.00 e. The molecule has 3 heterocycles. The summed E-state index contributed by atoms with van der Waals surface area (Å²) in [5.41, 5.74) is 5.15. The minimum absolute atomic E-state index is 0. The van der Waals surface area contributed by atoms with E-state index in [0.717, 1.165) is 0 Å². The summed E-state index contributed by atoms with van der Waals surface area (Å²) >= 11 is 0. The van der Waals surface area contributed by atoms with E-state index < -0.39 is 48.0 Å². The standard InChI is InChI=1S/C10H16N5O12P3.Na/c11-10-13-8-7(9(16)14-10)12-4-15(8)6-2-1-5(25-6)3-24-29(20,21)27-30(22,23)26-28(17,18)19;/h4-6H,1-3H2,(H,20,21)(H,22,23)(H2,17,18,19)(H3,11,13,14,16);/q;+1/p-1/t5-,6+;/m0./s1. The van der Waals surface area contributed by atoms with Gasteiger partial charge in [-0.25, -0.2) is 18.4 Å². The third kappa shape index (κ3) is 7.25. The number of anilines is 1. The van der Waals surface area contributed by atoms with Gasteiger partial charge in [-0.05, 0) is 12.8 Å². The number of fused-ring (bicyclic) bond motifs is 1. The number of nitrogens with one attached hydrogen (secondary N) is 1. The Hall–Kier alpha value is -0.480. The molecule has 1 aliphatic rings. The molecule has 0 aromatic carbocycles. The van der Waals surface area contributed by atoms with Crippen LogP contribution in [0.15, 0.2) is 11.1 Å². The van der Waals surface area contributed by atoms with Crippen LogP contribution in [0.4, 0.5) is 5.95 Å². The van der Waals surface area contributed by atoms with Gasteiger partial charge in [0.2, 0.25) is 5.95 Å². The number of hydrogen-bond donors (Lipinski definition) is 5. The first-order valence-electron chi connectivity index (χ1n) is 7.89. The summed E-state index contributed by atoms with van der Waals surface area (Å²) in [6, 6.07) is 0. The normalized spacial score (nSPS) is 24.8. The number of nitrogens with zero attached hydrogens (tertiary/aromatic N) is 3. The number of aromatic amines is 1. The molecule has 0 saturated carbocycles. The van der Waals surface area contributed by atoms with Gasteiger partial charge in [0.25, 0.3) is 13.4 Å². The van der Waals surface area contributed by atoms with E-state index in [1.807, 2.05) is 0 Å². The Morgan fingerprint density at radius 2 is 1.94 bits per heavy atom. The molecule has 21 heteroatoms. The number of rotatable bonds is 8. The zero-order chi connectivity index (χ0) is 22.3. The van der Waals surface area contributed by atoms with Crippen molar-refractivity contribution in [2.24, 2.45) is 0 Å². The Morgan fingerprint density at radius 3 is 2.58 bits per heavy atom. The molecule has 2 aromatic rings. The van der Waals surface area contributed by atoms with Gasteiger partial charge in [-0.15, -0.1) is 0 Å². The number of hydrogen-bond acceptors (Lipinski definition) is 12. The van der Waals surface area contributed by atoms with E-state index in [9.17, 15) is 28.3 Å². The predicted molar refractivity (Wildman–Crippen MR) is 93.3 cm³/mol. The largest absolute Gasteiger partial charge is 1.00 e. The third-order valence-corrected chi connectivity index (χ3v) is 7.46. The molecule has 5 atom stereocenters. The number of nitrogens with two attached hydrogens (primary N) is 1. The fourth-order valence-corrected chi connectivity index (χ4v) is 5.66. The zero-order valence-corrected chi connectivity index (χ0v) is 20.3. The Bertz CT molecular complexity index is 1150. The van der Waals surface area contributed by atoms with Crippen molar-refractivity contribution < 1.29 is 80.7 Å². The van der Waals surface area contributed by atoms with Crippen molar-refractivity contribution in [3.05, 3.63) is 16.7 Å². The molecule has 6 N–H and O–H groups in total. The van der Waals surface area contributed by atoms with Crippen LogP contribution in [-0.2, 0) is 31.6 Å². The molecule has 31 heavy (non-hydrogen) atoms. The molecule has 1 saturated heterocycles. The Labute approximate surface area is 194 Å². The van der Waals surface area contributed by atoms with Crippen molar-refractivity contribution in [3.8, 4) is 0 Å². The minimum Gasteiger partial charge on any atom is -0.756 e. The van der Waals surface area contributed by atoms with Gasteiger partial charge < -0.3 is 30.0 Å². The molecule has 3 unspecified atom stereocenters. The number of nitrogen functional groups attached to an aromatic ring is 1. The maximum absolute atomic E-state index is 11.8. The molecule has 17 nitrogen and oxygen atoms in total. The summed E-state index contributed by atoms with van der Waals surface area (Å²) in [5, 5.41) is 0. The molecule has 0 radical (unpaired) electrons. The molecule has 0 amide bonds. The van der Waals surface area contributed by atoms with Crippen LogP contribution in [0.2, 0.25) is 0 Å². The first kappa shape index (κ1) is 26.8. The average Bonchev–Trinajstić information content (AvgIpc) is 3.15. The Kier molecular flexibility index (Phi) is 8.46. The van der Waals surface area contributed by atoms with E-state index >= 15 is 0 Å². The third-order valence-electron chi connectivity index (χ3n) is 3.68. The molecule has 168 valence electrons. The van der Waals surface area contributed by atoms with Crippen LogP contribution in [0.25, 0.3) is 11.2 Å². The summed E-state index contributed by atoms with van der Waals surface area (Å²) in [6.45, 7) is -0.596. The molecule has 0 spiro atoms. The monoisotopic (exact) mass is 513 g/mol. The van der Waals surface area contributed by atoms with Gasteiger partial charge in [-0.3, -0.25) is 23.4 Å². The van der Waals surface area contributed by atoms with Crippen LogP contribution in [-0.4, -0.2) is 46.9 Å². The van der Waals surface area contributed by atoms with Gasteiger partial charge in [0.1, 0.15) is 6.23 Å². The van der Waals surface area contributed by atoms with Crippen molar-refractivity contribution in [1.29, 1.82) is 0 Å². The van der Waals surface area contributed by atoms with Crippen molar-refractivity contribution in [3.63, 3.8) is 0 Å². The van der Waals surface area contributed by atoms with Gasteiger partial charge in [0, 0.05) is 0 Å². The molecule has 1 aliphatic heterocycles. The van der Waals surface area contributed by atoms with Crippen LogP contribution in [0.5, 0.6) is 0 Å². The van der Waals surface area contributed by atoms with Crippen molar-refractivity contribution in [2.45, 2.75) is 25.2 Å². The predicted octanol–water partition coefficient (Wildman–Crippen LogP) is -3.91. The summed E-state index contributed by atoms with van der Waals surface area (Å²) in [4.78, 5) is 59.4. The smallest absolute Gasteiger partial charge is 0.756 e. The summed E-state index contributed by atoms with van der Waals surface area (Å²) in [7, 11) is -16.6. The van der Waals surface area contributed by atoms with Crippen molar-refractivity contribution in [2.75, 3.05) is 12.3 Å². The van der Waals surface area contributed by atoms with Crippen LogP contribution >= 0.6 is 23.5 Å². The van der Waals surface area contributed by atoms with Crippen LogP contribution < -0.4 is 45.7 Å². The molecular weight excluding hydrogens is 498 g/mol. The van der Waals surface area contributed by atoms with Crippen LogP contribution in [0.1, 0.15) is 19.1 Å².